The van der Waals surface area contributed by atoms with Gasteiger partial charge in [-0.2, -0.15) is 0 Å². The number of nitrogens with one attached hydrogen (secondary N) is 2. The van der Waals surface area contributed by atoms with Gasteiger partial charge in [-0.15, -0.1) is 12.4 Å². The highest BCUT2D eigenvalue weighted by Crippen LogP contribution is 2.18. The van der Waals surface area contributed by atoms with Gasteiger partial charge in [0.2, 0.25) is 0 Å². The third-order valence-corrected chi connectivity index (χ3v) is 3.40. The summed E-state index contributed by atoms with van der Waals surface area (Å²) in [5.41, 5.74) is 1.33. The Labute approximate surface area is 120 Å². The highest BCUT2D eigenvalue weighted by atomic mass is 35.5. The summed E-state index contributed by atoms with van der Waals surface area (Å²) in [5.74, 6) is 0.513. The average Bonchev–Trinajstić information content (AvgIpc) is 2.85. The van der Waals surface area contributed by atoms with E-state index >= 15 is 0 Å². The number of hydrogen-bond acceptors (Lipinski definition) is 3. The van der Waals surface area contributed by atoms with Gasteiger partial charge in [0.15, 0.2) is 0 Å². The Morgan fingerprint density at radius 2 is 2.32 bits per heavy atom. The van der Waals surface area contributed by atoms with Crippen LogP contribution in [0.3, 0.4) is 0 Å². The number of hydrogen-bond donors (Lipinski definition) is 3. The number of aromatic hydroxyl groups is 1. The number of rotatable bonds is 4. The van der Waals surface area contributed by atoms with Crippen molar-refractivity contribution < 1.29 is 9.90 Å². The van der Waals surface area contributed by atoms with Crippen molar-refractivity contribution in [1.82, 2.24) is 10.6 Å². The van der Waals surface area contributed by atoms with Gasteiger partial charge < -0.3 is 15.7 Å². The zero-order chi connectivity index (χ0) is 13.0. The summed E-state index contributed by atoms with van der Waals surface area (Å²) in [4.78, 5) is 11.9. The molecule has 0 radical (unpaired) electrons. The molecule has 1 aliphatic rings. The fraction of sp³-hybridized carbons (Fsp3) is 0.500. The minimum absolute atomic E-state index is 0. The fourth-order valence-electron chi connectivity index (χ4n) is 2.28. The van der Waals surface area contributed by atoms with Crippen LogP contribution >= 0.6 is 12.4 Å². The Hall–Kier alpha value is -1.26. The molecule has 3 N–H and O–H groups in total. The SMILES string of the molecule is Cc1ccc(O)c(C(=O)NCCC2CCNC2)c1.Cl. The third-order valence-electron chi connectivity index (χ3n) is 3.40. The number of phenolic OH excluding ortho intramolecular Hbond substituents is 1. The van der Waals surface area contributed by atoms with E-state index in [4.69, 9.17) is 0 Å². The first kappa shape index (κ1) is 15.8. The smallest absolute Gasteiger partial charge is 0.255 e. The van der Waals surface area contributed by atoms with Crippen molar-refractivity contribution >= 4 is 18.3 Å². The summed E-state index contributed by atoms with van der Waals surface area (Å²) in [6.07, 6.45) is 2.18. The minimum Gasteiger partial charge on any atom is -0.507 e. The molecule has 1 atom stereocenters. The molecule has 1 saturated heterocycles. The molecule has 1 aromatic rings. The van der Waals surface area contributed by atoms with Crippen molar-refractivity contribution in [1.29, 1.82) is 0 Å². The van der Waals surface area contributed by atoms with Crippen LogP contribution in [0.1, 0.15) is 28.8 Å². The molecule has 0 aliphatic carbocycles. The van der Waals surface area contributed by atoms with Crippen molar-refractivity contribution in [2.75, 3.05) is 19.6 Å². The van der Waals surface area contributed by atoms with Crippen molar-refractivity contribution in [3.05, 3.63) is 29.3 Å². The molecule has 5 heteroatoms. The molecule has 0 spiro atoms. The van der Waals surface area contributed by atoms with Gasteiger partial charge in [-0.1, -0.05) is 11.6 Å². The largest absolute Gasteiger partial charge is 0.507 e. The lowest BCUT2D eigenvalue weighted by molar-refractivity contribution is 0.0949. The summed E-state index contributed by atoms with van der Waals surface area (Å²) in [6, 6.07) is 5.06. The predicted octanol–water partition coefficient (Wildman–Crippen LogP) is 1.85. The first-order valence-electron chi connectivity index (χ1n) is 6.45. The molecular weight excluding hydrogens is 264 g/mol. The molecule has 1 amide bonds. The Kier molecular flexibility index (Phi) is 6.12. The van der Waals surface area contributed by atoms with Gasteiger partial charge in [0.1, 0.15) is 5.75 Å². The van der Waals surface area contributed by atoms with Gasteiger partial charge in [-0.3, -0.25) is 4.79 Å². The second-order valence-corrected chi connectivity index (χ2v) is 4.92. The maximum absolute atomic E-state index is 11.9. The number of carbonyl (C=O) groups is 1. The molecule has 1 aromatic carbocycles. The molecule has 1 heterocycles. The summed E-state index contributed by atoms with van der Waals surface area (Å²) < 4.78 is 0. The van der Waals surface area contributed by atoms with Crippen LogP contribution in [-0.2, 0) is 0 Å². The molecule has 1 fully saturated rings. The summed E-state index contributed by atoms with van der Waals surface area (Å²) in [6.45, 7) is 4.70. The van der Waals surface area contributed by atoms with Gasteiger partial charge in [0.05, 0.1) is 5.56 Å². The Balaban J connectivity index is 0.00000180. The zero-order valence-corrected chi connectivity index (χ0v) is 11.9. The van der Waals surface area contributed by atoms with E-state index in [2.05, 4.69) is 10.6 Å². The zero-order valence-electron chi connectivity index (χ0n) is 11.1. The van der Waals surface area contributed by atoms with E-state index < -0.39 is 0 Å². The third kappa shape index (κ3) is 4.40. The van der Waals surface area contributed by atoms with Gasteiger partial charge in [0.25, 0.3) is 5.91 Å². The lowest BCUT2D eigenvalue weighted by Gasteiger charge is -2.10. The van der Waals surface area contributed by atoms with Gasteiger partial charge in [-0.05, 0) is 50.9 Å². The van der Waals surface area contributed by atoms with Crippen LogP contribution in [0.5, 0.6) is 5.75 Å². The first-order valence-corrected chi connectivity index (χ1v) is 6.45. The van der Waals surface area contributed by atoms with E-state index in [0.717, 1.165) is 25.1 Å². The van der Waals surface area contributed by atoms with E-state index in [1.165, 1.54) is 6.42 Å². The molecule has 106 valence electrons. The van der Waals surface area contributed by atoms with Crippen molar-refractivity contribution in [3.8, 4) is 5.75 Å². The Bertz CT molecular complexity index is 431. The maximum atomic E-state index is 11.9. The normalized spacial score (nSPS) is 17.8. The van der Waals surface area contributed by atoms with Crippen LogP contribution in [0, 0.1) is 12.8 Å². The molecule has 2 rings (SSSR count). The van der Waals surface area contributed by atoms with E-state index in [0.29, 0.717) is 18.0 Å². The number of carbonyl (C=O) groups excluding carboxylic acids is 1. The van der Waals surface area contributed by atoms with Crippen LogP contribution in [-0.4, -0.2) is 30.6 Å². The average molecular weight is 285 g/mol. The topological polar surface area (TPSA) is 61.4 Å². The standard InChI is InChI=1S/C14H20N2O2.ClH/c1-10-2-3-13(17)12(8-10)14(18)16-7-5-11-4-6-15-9-11;/h2-3,8,11,15,17H,4-7,9H2,1H3,(H,16,18);1H. The summed E-state index contributed by atoms with van der Waals surface area (Å²) in [7, 11) is 0. The molecule has 4 nitrogen and oxygen atoms in total. The van der Waals surface area contributed by atoms with Crippen LogP contribution in [0.15, 0.2) is 18.2 Å². The second kappa shape index (κ2) is 7.36. The second-order valence-electron chi connectivity index (χ2n) is 4.92. The number of amides is 1. The number of phenols is 1. The fourth-order valence-corrected chi connectivity index (χ4v) is 2.28. The van der Waals surface area contributed by atoms with E-state index in [1.807, 2.05) is 6.92 Å². The minimum atomic E-state index is -0.192. The lowest BCUT2D eigenvalue weighted by atomic mass is 10.0. The van der Waals surface area contributed by atoms with Crippen LogP contribution in [0.25, 0.3) is 0 Å². The van der Waals surface area contributed by atoms with Crippen LogP contribution in [0.4, 0.5) is 0 Å². The highest BCUT2D eigenvalue weighted by Gasteiger charge is 2.15. The molecule has 0 bridgehead atoms. The van der Waals surface area contributed by atoms with Crippen molar-refractivity contribution in [2.45, 2.75) is 19.8 Å². The van der Waals surface area contributed by atoms with E-state index in [-0.39, 0.29) is 24.1 Å². The van der Waals surface area contributed by atoms with E-state index in [1.54, 1.807) is 18.2 Å². The van der Waals surface area contributed by atoms with Gasteiger partial charge in [-0.25, -0.2) is 0 Å². The monoisotopic (exact) mass is 284 g/mol. The van der Waals surface area contributed by atoms with Crippen molar-refractivity contribution in [2.24, 2.45) is 5.92 Å². The van der Waals surface area contributed by atoms with Crippen molar-refractivity contribution in [3.63, 3.8) is 0 Å². The maximum Gasteiger partial charge on any atom is 0.255 e. The molecule has 1 aliphatic heterocycles. The van der Waals surface area contributed by atoms with E-state index in [9.17, 15) is 9.90 Å². The van der Waals surface area contributed by atoms with Crippen LogP contribution in [0.2, 0.25) is 0 Å². The number of aryl methyl sites for hydroxylation is 1. The van der Waals surface area contributed by atoms with Gasteiger partial charge in [0, 0.05) is 6.54 Å². The summed E-state index contributed by atoms with van der Waals surface area (Å²) in [5, 5.41) is 15.8. The quantitative estimate of drug-likeness (QED) is 0.791. The molecule has 19 heavy (non-hydrogen) atoms. The molecular formula is C14H21ClN2O2. The Morgan fingerprint density at radius 3 is 3.00 bits per heavy atom. The first-order chi connectivity index (χ1) is 8.66. The Morgan fingerprint density at radius 1 is 1.53 bits per heavy atom. The predicted molar refractivity (Wildman–Crippen MR) is 78.0 cm³/mol. The highest BCUT2D eigenvalue weighted by molar-refractivity contribution is 5.96. The molecule has 0 aromatic heterocycles. The molecule has 1 unspecified atom stereocenters. The van der Waals surface area contributed by atoms with Crippen LogP contribution < -0.4 is 10.6 Å². The number of benzene rings is 1. The van der Waals surface area contributed by atoms with Gasteiger partial charge >= 0.3 is 0 Å². The lowest BCUT2D eigenvalue weighted by Crippen LogP contribution is -2.26. The number of halogens is 1. The molecule has 0 saturated carbocycles. The summed E-state index contributed by atoms with van der Waals surface area (Å²) >= 11 is 0.